The molecule has 1 N–H and O–H groups in total. The van der Waals surface area contributed by atoms with E-state index >= 15 is 0 Å². The molecule has 1 atom stereocenters. The molecule has 0 aliphatic carbocycles. The second-order valence-corrected chi connectivity index (χ2v) is 11.3. The van der Waals surface area contributed by atoms with Crippen LogP contribution in [0.2, 0.25) is 5.02 Å². The average molecular weight is 577 g/mol. The second-order valence-electron chi connectivity index (χ2n) is 9.00. The molecular formula is C28H27ClF2N2O5S. The lowest BCUT2D eigenvalue weighted by molar-refractivity contribution is -0.119. The number of nitrogens with zero attached hydrogens (tertiary/aromatic N) is 1. The lowest BCUT2D eigenvalue weighted by Crippen LogP contribution is -2.44. The van der Waals surface area contributed by atoms with Gasteiger partial charge in [0, 0.05) is 31.5 Å². The number of carbonyl (C=O) groups is 1. The van der Waals surface area contributed by atoms with Crippen molar-refractivity contribution in [2.24, 2.45) is 0 Å². The Hall–Kier alpha value is -3.63. The molecule has 1 heterocycles. The maximum absolute atomic E-state index is 14.5. The fourth-order valence-corrected chi connectivity index (χ4v) is 6.16. The normalized spacial score (nSPS) is 15.4. The number of carbonyl (C=O) groups excluding carboxylic acids is 1. The highest BCUT2D eigenvalue weighted by Gasteiger charge is 2.35. The van der Waals surface area contributed by atoms with Crippen LogP contribution >= 0.6 is 11.6 Å². The summed E-state index contributed by atoms with van der Waals surface area (Å²) in [5, 5.41) is 2.94. The number of anilines is 1. The minimum absolute atomic E-state index is 0.0557. The van der Waals surface area contributed by atoms with Crippen molar-refractivity contribution in [3.05, 3.63) is 82.4 Å². The van der Waals surface area contributed by atoms with Gasteiger partial charge in [-0.15, -0.1) is 0 Å². The predicted octanol–water partition coefficient (Wildman–Crippen LogP) is 5.67. The van der Waals surface area contributed by atoms with E-state index in [2.05, 4.69) is 5.32 Å². The van der Waals surface area contributed by atoms with Crippen molar-refractivity contribution in [3.8, 4) is 11.5 Å². The Bertz CT molecular complexity index is 1520. The van der Waals surface area contributed by atoms with E-state index in [1.54, 1.807) is 37.3 Å². The van der Waals surface area contributed by atoms with E-state index < -0.39 is 27.8 Å². The third kappa shape index (κ3) is 6.17. The van der Waals surface area contributed by atoms with E-state index in [1.165, 1.54) is 36.5 Å². The van der Waals surface area contributed by atoms with Crippen LogP contribution in [-0.2, 0) is 14.8 Å². The highest BCUT2D eigenvalue weighted by Crippen LogP contribution is 2.40. The van der Waals surface area contributed by atoms with E-state index in [4.69, 9.17) is 21.1 Å². The van der Waals surface area contributed by atoms with Crippen LogP contribution in [0.5, 0.6) is 11.5 Å². The second kappa shape index (κ2) is 11.6. The molecule has 206 valence electrons. The summed E-state index contributed by atoms with van der Waals surface area (Å²) in [6, 6.07) is 12.7. The summed E-state index contributed by atoms with van der Waals surface area (Å²) in [7, 11) is -2.94. The van der Waals surface area contributed by atoms with Crippen molar-refractivity contribution < 1.29 is 31.5 Å². The summed E-state index contributed by atoms with van der Waals surface area (Å²) in [4.78, 5) is 11.1. The largest absolute Gasteiger partial charge is 0.494 e. The maximum atomic E-state index is 14.5. The molecule has 11 heteroatoms. The van der Waals surface area contributed by atoms with Gasteiger partial charge in [-0.1, -0.05) is 29.8 Å². The number of ether oxygens (including phenoxy) is 2. The molecule has 0 unspecified atom stereocenters. The van der Waals surface area contributed by atoms with Gasteiger partial charge in [-0.2, -0.15) is 0 Å². The van der Waals surface area contributed by atoms with E-state index in [0.29, 0.717) is 23.3 Å². The number of rotatable bonds is 8. The van der Waals surface area contributed by atoms with Gasteiger partial charge in [0.15, 0.2) is 11.6 Å². The Morgan fingerprint density at radius 2 is 1.92 bits per heavy atom. The number of fused-ring (bicyclic) bond motifs is 1. The minimum Gasteiger partial charge on any atom is -0.494 e. The number of methoxy groups -OCH3 is 1. The molecular weight excluding hydrogens is 550 g/mol. The number of sulfonamides is 1. The first-order chi connectivity index (χ1) is 18.5. The Morgan fingerprint density at radius 3 is 2.62 bits per heavy atom. The number of halogens is 3. The van der Waals surface area contributed by atoms with E-state index in [0.717, 1.165) is 12.1 Å². The number of amides is 1. The lowest BCUT2D eigenvalue weighted by Gasteiger charge is -2.36. The molecule has 39 heavy (non-hydrogen) atoms. The van der Waals surface area contributed by atoms with Gasteiger partial charge in [0.05, 0.1) is 29.3 Å². The van der Waals surface area contributed by atoms with Gasteiger partial charge in [-0.3, -0.25) is 9.10 Å². The topological polar surface area (TPSA) is 84.9 Å². The van der Waals surface area contributed by atoms with Gasteiger partial charge in [0.25, 0.3) is 10.0 Å². The van der Waals surface area contributed by atoms with Crippen LogP contribution in [0.15, 0.2) is 59.5 Å². The molecule has 0 radical (unpaired) electrons. The predicted molar refractivity (Wildman–Crippen MR) is 147 cm³/mol. The molecule has 0 saturated carbocycles. The third-order valence-corrected chi connectivity index (χ3v) is 8.30. The molecule has 0 saturated heterocycles. The molecule has 1 aliphatic rings. The van der Waals surface area contributed by atoms with Crippen molar-refractivity contribution in [3.63, 3.8) is 0 Å². The van der Waals surface area contributed by atoms with Gasteiger partial charge in [-0.05, 0) is 54.5 Å². The van der Waals surface area contributed by atoms with Crippen molar-refractivity contribution in [1.82, 2.24) is 5.32 Å². The number of benzene rings is 3. The SMILES string of the molecule is COc1cc(S(=O)(=O)N2C[C@H](CCNC(C)=O)Oc3ccc(/C=C(\C)c4c(F)cccc4Cl)cc32)ccc1F. The first kappa shape index (κ1) is 28.4. The number of nitrogens with one attached hydrogen (secondary N) is 1. The molecule has 3 aromatic rings. The van der Waals surface area contributed by atoms with Gasteiger partial charge in [0.1, 0.15) is 17.7 Å². The highest BCUT2D eigenvalue weighted by molar-refractivity contribution is 7.92. The van der Waals surface area contributed by atoms with Crippen LogP contribution in [0.25, 0.3) is 11.6 Å². The summed E-state index contributed by atoms with van der Waals surface area (Å²) < 4.78 is 68.5. The van der Waals surface area contributed by atoms with Crippen LogP contribution in [0.4, 0.5) is 14.5 Å². The molecule has 1 amide bonds. The maximum Gasteiger partial charge on any atom is 0.264 e. The molecule has 0 fully saturated rings. The van der Waals surface area contributed by atoms with Crippen LogP contribution in [-0.4, -0.2) is 40.6 Å². The smallest absolute Gasteiger partial charge is 0.264 e. The monoisotopic (exact) mass is 576 g/mol. The highest BCUT2D eigenvalue weighted by atomic mass is 35.5. The Labute approximate surface area is 231 Å². The molecule has 0 aromatic heterocycles. The quantitative estimate of drug-likeness (QED) is 0.349. The first-order valence-electron chi connectivity index (χ1n) is 12.1. The summed E-state index contributed by atoms with van der Waals surface area (Å²) in [5.41, 5.74) is 1.63. The molecule has 7 nitrogen and oxygen atoms in total. The standard InChI is InChI=1S/C28H27ClF2N2O5S/c1-17(28-22(29)5-4-6-24(28)31)13-19-7-10-26-25(14-19)33(16-20(38-26)11-12-32-18(2)34)39(35,36)21-8-9-23(30)27(15-21)37-3/h4-10,13-15,20H,11-12,16H2,1-3H3,(H,32,34)/b17-13+/t20-/m0/s1. The van der Waals surface area contributed by atoms with Crippen LogP contribution < -0.4 is 19.1 Å². The Morgan fingerprint density at radius 1 is 1.15 bits per heavy atom. The lowest BCUT2D eigenvalue weighted by atomic mass is 10.0. The molecule has 0 bridgehead atoms. The van der Waals surface area contributed by atoms with Crippen LogP contribution in [0.3, 0.4) is 0 Å². The fraction of sp³-hybridized carbons (Fsp3) is 0.250. The van der Waals surface area contributed by atoms with E-state index in [1.807, 2.05) is 0 Å². The van der Waals surface area contributed by atoms with Crippen molar-refractivity contribution in [1.29, 1.82) is 0 Å². The number of hydrogen-bond acceptors (Lipinski definition) is 5. The van der Waals surface area contributed by atoms with Crippen LogP contribution in [0, 0.1) is 11.6 Å². The van der Waals surface area contributed by atoms with Crippen LogP contribution in [0.1, 0.15) is 31.4 Å². The first-order valence-corrected chi connectivity index (χ1v) is 13.9. The molecule has 4 rings (SSSR count). The number of hydrogen-bond donors (Lipinski definition) is 1. The Kier molecular flexibility index (Phi) is 8.46. The Balaban J connectivity index is 1.77. The van der Waals surface area contributed by atoms with Gasteiger partial charge in [-0.25, -0.2) is 17.2 Å². The van der Waals surface area contributed by atoms with E-state index in [9.17, 15) is 22.0 Å². The number of allylic oxidation sites excluding steroid dienone is 1. The fourth-order valence-electron chi connectivity index (χ4n) is 4.33. The summed E-state index contributed by atoms with van der Waals surface area (Å²) in [6.45, 7) is 3.33. The zero-order valence-electron chi connectivity index (χ0n) is 21.5. The van der Waals surface area contributed by atoms with E-state index in [-0.39, 0.29) is 45.9 Å². The van der Waals surface area contributed by atoms with Crippen molar-refractivity contribution in [2.75, 3.05) is 24.5 Å². The van der Waals surface area contributed by atoms with Gasteiger partial charge >= 0.3 is 0 Å². The zero-order chi connectivity index (χ0) is 28.3. The van der Waals surface area contributed by atoms with Gasteiger partial charge in [0.2, 0.25) is 5.91 Å². The summed E-state index contributed by atoms with van der Waals surface area (Å²) >= 11 is 6.22. The summed E-state index contributed by atoms with van der Waals surface area (Å²) in [5.74, 6) is -1.28. The van der Waals surface area contributed by atoms with Crippen molar-refractivity contribution >= 4 is 44.9 Å². The van der Waals surface area contributed by atoms with Crippen molar-refractivity contribution in [2.45, 2.75) is 31.3 Å². The third-order valence-electron chi connectivity index (χ3n) is 6.21. The minimum atomic E-state index is -4.19. The summed E-state index contributed by atoms with van der Waals surface area (Å²) in [6.07, 6.45) is 1.48. The molecule has 3 aromatic carbocycles. The molecule has 0 spiro atoms. The van der Waals surface area contributed by atoms with Gasteiger partial charge < -0.3 is 14.8 Å². The average Bonchev–Trinajstić information content (AvgIpc) is 2.88. The zero-order valence-corrected chi connectivity index (χ0v) is 23.1. The molecule has 1 aliphatic heterocycles.